The van der Waals surface area contributed by atoms with Crippen LogP contribution >= 0.6 is 46.4 Å². The number of hydrogen-bond donors (Lipinski definition) is 0. The number of allylic oxidation sites excluding steroid dienone is 4. The van der Waals surface area contributed by atoms with Gasteiger partial charge in [0.2, 0.25) is 0 Å². The Morgan fingerprint density at radius 1 is 0.550 bits per heavy atom. The van der Waals surface area contributed by atoms with Crippen molar-refractivity contribution >= 4 is 49.6 Å². The third-order valence-corrected chi connectivity index (χ3v) is 21.3. The Hall–Kier alpha value is -2.71. The van der Waals surface area contributed by atoms with Crippen molar-refractivity contribution in [3.8, 4) is 33.4 Å². The second-order valence-corrected chi connectivity index (χ2v) is 25.8. The minimum Gasteiger partial charge on any atom is -1.00 e. The van der Waals surface area contributed by atoms with Crippen LogP contribution in [0.2, 0.25) is 20.1 Å². The van der Waals surface area contributed by atoms with Crippen LogP contribution < -0.4 is 24.8 Å². The zero-order chi connectivity index (χ0) is 41.3. The van der Waals surface area contributed by atoms with Crippen LogP contribution in [0.4, 0.5) is 0 Å². The van der Waals surface area contributed by atoms with Crippen molar-refractivity contribution in [2.45, 2.75) is 76.3 Å². The molecular formula is C53H48Cl6Zr. The van der Waals surface area contributed by atoms with Crippen LogP contribution in [0.1, 0.15) is 96.1 Å². The van der Waals surface area contributed by atoms with Gasteiger partial charge in [0, 0.05) is 0 Å². The van der Waals surface area contributed by atoms with E-state index in [-0.39, 0.29) is 39.3 Å². The fourth-order valence-electron chi connectivity index (χ4n) is 8.99. The van der Waals surface area contributed by atoms with Gasteiger partial charge in [-0.05, 0) is 0 Å². The van der Waals surface area contributed by atoms with Gasteiger partial charge in [0.15, 0.2) is 0 Å². The second kappa shape index (κ2) is 18.2. The van der Waals surface area contributed by atoms with E-state index in [1.165, 1.54) is 62.1 Å². The third kappa shape index (κ3) is 8.77. The fraction of sp³-hybridized carbons (Fsp3) is 0.226. The van der Waals surface area contributed by atoms with Crippen molar-refractivity contribution in [3.63, 3.8) is 0 Å². The molecule has 0 saturated carbocycles. The Bertz CT molecular complexity index is 2550. The molecule has 306 valence electrons. The van der Waals surface area contributed by atoms with Crippen molar-refractivity contribution in [2.75, 3.05) is 0 Å². The van der Waals surface area contributed by atoms with E-state index in [0.717, 1.165) is 28.7 Å². The Labute approximate surface area is 397 Å². The Balaban J connectivity index is 0.00000302. The molecule has 2 aliphatic carbocycles. The molecule has 0 heterocycles. The summed E-state index contributed by atoms with van der Waals surface area (Å²) in [5.41, 5.74) is 17.2. The van der Waals surface area contributed by atoms with Crippen molar-refractivity contribution in [2.24, 2.45) is 0 Å². The number of fused-ring (bicyclic) bond motifs is 3. The van der Waals surface area contributed by atoms with E-state index in [2.05, 4.69) is 171 Å². The summed E-state index contributed by atoms with van der Waals surface area (Å²) in [7, 11) is 0. The second-order valence-electron chi connectivity index (χ2n) is 17.9. The molecule has 0 amide bonds. The first-order valence-electron chi connectivity index (χ1n) is 20.0. The average Bonchev–Trinajstić information content (AvgIpc) is 3.82. The molecule has 0 fully saturated rings. The fourth-order valence-corrected chi connectivity index (χ4v) is 19.3. The van der Waals surface area contributed by atoms with E-state index in [4.69, 9.17) is 46.4 Å². The normalized spacial score (nSPS) is 13.2. The first-order valence-corrected chi connectivity index (χ1v) is 25.4. The quantitative estimate of drug-likeness (QED) is 0.156. The smallest absolute Gasteiger partial charge is 1.00 e. The molecule has 2 aliphatic rings. The summed E-state index contributed by atoms with van der Waals surface area (Å²) in [6.45, 7) is 18.3. The molecule has 0 spiro atoms. The Morgan fingerprint density at radius 3 is 1.33 bits per heavy atom. The molecule has 8 rings (SSSR count). The molecular weight excluding hydrogens is 941 g/mol. The van der Waals surface area contributed by atoms with Crippen LogP contribution in [-0.2, 0) is 32.1 Å². The van der Waals surface area contributed by atoms with Gasteiger partial charge in [-0.3, -0.25) is 0 Å². The maximum absolute atomic E-state index is 7.08. The topological polar surface area (TPSA) is 0 Å². The van der Waals surface area contributed by atoms with Crippen molar-refractivity contribution in [1.29, 1.82) is 0 Å². The van der Waals surface area contributed by atoms with Crippen molar-refractivity contribution in [1.82, 2.24) is 0 Å². The van der Waals surface area contributed by atoms with Gasteiger partial charge in [-0.25, -0.2) is 0 Å². The van der Waals surface area contributed by atoms with Gasteiger partial charge in [-0.2, -0.15) is 0 Å². The molecule has 7 heteroatoms. The van der Waals surface area contributed by atoms with Gasteiger partial charge in [0.1, 0.15) is 0 Å². The Kier molecular flexibility index (Phi) is 14.2. The summed E-state index contributed by atoms with van der Waals surface area (Å²) in [6.07, 6.45) is 7.86. The summed E-state index contributed by atoms with van der Waals surface area (Å²) in [5, 5.41) is 2.54. The first-order chi connectivity index (χ1) is 27.5. The Morgan fingerprint density at radius 2 is 0.967 bits per heavy atom. The van der Waals surface area contributed by atoms with Gasteiger partial charge in [-0.15, -0.1) is 0 Å². The van der Waals surface area contributed by atoms with E-state index in [9.17, 15) is 0 Å². The van der Waals surface area contributed by atoms with E-state index in [1.54, 1.807) is 0 Å². The maximum atomic E-state index is 7.08. The minimum atomic E-state index is -3.31. The molecule has 0 radical (unpaired) electrons. The third-order valence-electron chi connectivity index (χ3n) is 11.9. The van der Waals surface area contributed by atoms with Crippen LogP contribution in [0.25, 0.3) is 33.4 Å². The molecule has 6 aromatic rings. The van der Waals surface area contributed by atoms with Crippen LogP contribution in [0.15, 0.2) is 131 Å². The van der Waals surface area contributed by atoms with Crippen LogP contribution in [0.5, 0.6) is 0 Å². The molecule has 60 heavy (non-hydrogen) atoms. The van der Waals surface area contributed by atoms with E-state index in [1.807, 2.05) is 12.1 Å². The summed E-state index contributed by atoms with van der Waals surface area (Å²) in [5.74, 6) is 0. The summed E-state index contributed by atoms with van der Waals surface area (Å²) in [6, 6.07) is 40.0. The van der Waals surface area contributed by atoms with Gasteiger partial charge < -0.3 is 24.8 Å². The number of benzene rings is 6. The van der Waals surface area contributed by atoms with Crippen LogP contribution in [-0.4, -0.2) is 3.21 Å². The summed E-state index contributed by atoms with van der Waals surface area (Å²) < 4.78 is 2.93. The maximum Gasteiger partial charge on any atom is -1.00 e. The van der Waals surface area contributed by atoms with Gasteiger partial charge >= 0.3 is 376 Å². The van der Waals surface area contributed by atoms with Gasteiger partial charge in [0.25, 0.3) is 0 Å². The van der Waals surface area contributed by atoms with Crippen molar-refractivity contribution in [3.05, 3.63) is 195 Å². The molecule has 0 saturated heterocycles. The summed E-state index contributed by atoms with van der Waals surface area (Å²) in [4.78, 5) is 0. The average molecular weight is 989 g/mol. The standard InChI is InChI=1S/C33H33.C15H10Cl4.C5H5.2ClH.Zr/c1-32(2,3)30-20-26-24(18-28(30)22-13-9-7-10-14-22)17-25-19-29(23-15-11-8-12-16-23)31(21-27(25)26)33(4,5)6;1-8-10(4-12(16)6-14(8)18)3-11-5-13(17)7-15(19)9(11)2;1-2-4-5-3-1;;;/h7-21H,1-6H3;4-7H,1-2H3;1-3H,4H2;2*1H;/q;;;;;+2/p-2. The molecule has 0 unspecified atom stereocenters. The molecule has 0 nitrogen and oxygen atoms in total. The minimum absolute atomic E-state index is 0. The SMILES string of the molecule is Cc1c(Cl)cc(Cl)cc1[C](c1cc(Cl)cc(Cl)c1C)=[Zr+2]([C]1=CC=CC1)[CH]1c2cc(-c3ccccc3)c(C(C)(C)C)cc2-c2cc(C(C)(C)C)c(-c3ccccc3)cc21.[Cl-].[Cl-]. The molecule has 0 aromatic heterocycles. The molecule has 0 bridgehead atoms. The molecule has 6 aromatic carbocycles. The number of rotatable bonds is 6. The predicted octanol–water partition coefficient (Wildman–Crippen LogP) is 10.7. The van der Waals surface area contributed by atoms with Gasteiger partial charge in [-0.1, -0.05) is 0 Å². The predicted molar refractivity (Wildman–Crippen MR) is 249 cm³/mol. The monoisotopic (exact) mass is 984 g/mol. The van der Waals surface area contributed by atoms with E-state index in [0.29, 0.717) is 20.1 Å². The van der Waals surface area contributed by atoms with Crippen LogP contribution in [0, 0.1) is 13.8 Å². The summed E-state index contributed by atoms with van der Waals surface area (Å²) >= 11 is 24.8. The zero-order valence-corrected chi connectivity index (χ0v) is 42.2. The molecule has 0 N–H and O–H groups in total. The first kappa shape index (κ1) is 46.8. The molecule has 0 aliphatic heterocycles. The van der Waals surface area contributed by atoms with E-state index < -0.39 is 21.3 Å². The largest absolute Gasteiger partial charge is 1.00 e. The van der Waals surface area contributed by atoms with Crippen LogP contribution in [0.3, 0.4) is 0 Å². The number of hydrogen-bond acceptors (Lipinski definition) is 0. The number of halogens is 6. The zero-order valence-electron chi connectivity index (χ0n) is 35.2. The van der Waals surface area contributed by atoms with E-state index >= 15 is 0 Å². The molecule has 0 atom stereocenters. The van der Waals surface area contributed by atoms with Crippen molar-refractivity contribution < 1.29 is 46.1 Å². The van der Waals surface area contributed by atoms with Gasteiger partial charge in [0.05, 0.1) is 0 Å².